The van der Waals surface area contributed by atoms with Crippen molar-refractivity contribution in [3.8, 4) is 11.5 Å². The minimum Gasteiger partial charge on any atom is -0.454 e. The second-order valence-electron chi connectivity index (χ2n) is 5.85. The summed E-state index contributed by atoms with van der Waals surface area (Å²) in [6, 6.07) is 3.46. The second kappa shape index (κ2) is 6.57. The molecule has 0 amide bonds. The lowest BCUT2D eigenvalue weighted by atomic mass is 10.3. The topological polar surface area (TPSA) is 71.5 Å². The fourth-order valence-corrected chi connectivity index (χ4v) is 3.04. The summed E-state index contributed by atoms with van der Waals surface area (Å²) in [6.45, 7) is 1.72. The van der Waals surface area contributed by atoms with E-state index < -0.39 is 12.2 Å². The van der Waals surface area contributed by atoms with Crippen molar-refractivity contribution < 1.29 is 22.6 Å². The van der Waals surface area contributed by atoms with E-state index >= 15 is 0 Å². The van der Waals surface area contributed by atoms with Crippen LogP contribution in [0, 0.1) is 0 Å². The number of hydrogen-bond acceptors (Lipinski definition) is 7. The molecule has 4 rings (SSSR count). The number of anilines is 3. The van der Waals surface area contributed by atoms with Gasteiger partial charge in [0.1, 0.15) is 6.04 Å². The van der Waals surface area contributed by atoms with E-state index in [2.05, 4.69) is 36.6 Å². The lowest BCUT2D eigenvalue weighted by Crippen LogP contribution is -2.45. The van der Waals surface area contributed by atoms with Gasteiger partial charge in [-0.25, -0.2) is 10.4 Å². The Morgan fingerprint density at radius 3 is 2.81 bits per heavy atom. The van der Waals surface area contributed by atoms with Gasteiger partial charge in [-0.1, -0.05) is 0 Å². The summed E-state index contributed by atoms with van der Waals surface area (Å²) in [6.07, 6.45) is -1.84. The third kappa shape index (κ3) is 3.52. The molecule has 7 nitrogen and oxygen atoms in total. The van der Waals surface area contributed by atoms with Crippen molar-refractivity contribution in [2.45, 2.75) is 19.1 Å². The van der Waals surface area contributed by atoms with Gasteiger partial charge in [0.25, 0.3) is 0 Å². The number of ether oxygens (including phenoxy) is 2. The number of hydrazine groups is 1. The first-order valence-electron chi connectivity index (χ1n) is 7.82. The van der Waals surface area contributed by atoms with Crippen molar-refractivity contribution >= 4 is 33.4 Å². The number of nitrogens with one attached hydrogen (secondary N) is 2. The van der Waals surface area contributed by atoms with Gasteiger partial charge in [0.05, 0.1) is 4.47 Å². The van der Waals surface area contributed by atoms with E-state index in [0.29, 0.717) is 27.4 Å². The molecule has 2 aliphatic heterocycles. The van der Waals surface area contributed by atoms with E-state index in [1.54, 1.807) is 25.1 Å². The van der Waals surface area contributed by atoms with Gasteiger partial charge in [0, 0.05) is 23.6 Å². The molecule has 3 heterocycles. The number of halogens is 4. The molecule has 2 N–H and O–H groups in total. The Kier molecular flexibility index (Phi) is 4.35. The molecule has 1 unspecified atom stereocenters. The van der Waals surface area contributed by atoms with E-state index in [-0.39, 0.29) is 18.6 Å². The quantitative estimate of drug-likeness (QED) is 0.745. The molecule has 0 bridgehead atoms. The monoisotopic (exact) mass is 443 g/mol. The first-order chi connectivity index (χ1) is 12.8. The van der Waals surface area contributed by atoms with Crippen LogP contribution in [-0.2, 0) is 0 Å². The van der Waals surface area contributed by atoms with E-state index in [1.807, 2.05) is 0 Å². The van der Waals surface area contributed by atoms with Gasteiger partial charge in [-0.2, -0.15) is 18.2 Å². The Morgan fingerprint density at radius 2 is 2.07 bits per heavy atom. The van der Waals surface area contributed by atoms with Gasteiger partial charge in [-0.05, 0) is 41.1 Å². The summed E-state index contributed by atoms with van der Waals surface area (Å²) in [7, 11) is 0. The Balaban J connectivity index is 1.58. The average Bonchev–Trinajstić information content (AvgIpc) is 3.22. The molecule has 0 saturated heterocycles. The third-order valence-electron chi connectivity index (χ3n) is 3.95. The van der Waals surface area contributed by atoms with Crippen LogP contribution in [0.4, 0.5) is 30.6 Å². The number of alkyl halides is 3. The predicted octanol–water partition coefficient (Wildman–Crippen LogP) is 3.87. The van der Waals surface area contributed by atoms with Crippen LogP contribution in [-0.4, -0.2) is 29.0 Å². The molecule has 1 atom stereocenters. The molecule has 27 heavy (non-hydrogen) atoms. The van der Waals surface area contributed by atoms with Crippen LogP contribution in [0.1, 0.15) is 6.92 Å². The highest BCUT2D eigenvalue weighted by Crippen LogP contribution is 2.36. The Hall–Kier alpha value is -2.53. The normalized spacial score (nSPS) is 18.6. The maximum Gasteiger partial charge on any atom is 0.409 e. The van der Waals surface area contributed by atoms with Gasteiger partial charge < -0.3 is 14.8 Å². The molecule has 2 aromatic rings. The van der Waals surface area contributed by atoms with Crippen LogP contribution in [0.2, 0.25) is 0 Å². The average molecular weight is 444 g/mol. The van der Waals surface area contributed by atoms with Crippen molar-refractivity contribution in [2.75, 3.05) is 17.1 Å². The first-order valence-corrected chi connectivity index (χ1v) is 8.61. The predicted molar refractivity (Wildman–Crippen MR) is 94.8 cm³/mol. The fourth-order valence-electron chi connectivity index (χ4n) is 2.67. The van der Waals surface area contributed by atoms with E-state index in [4.69, 9.17) is 9.47 Å². The Morgan fingerprint density at radius 1 is 1.30 bits per heavy atom. The summed E-state index contributed by atoms with van der Waals surface area (Å²) in [5.74, 6) is 1.70. The maximum atomic E-state index is 13.0. The fraction of sp³-hybridized carbons (Fsp3) is 0.250. The summed E-state index contributed by atoms with van der Waals surface area (Å²) in [5, 5.41) is 4.28. The van der Waals surface area contributed by atoms with Crippen molar-refractivity contribution in [1.29, 1.82) is 0 Å². The smallest absolute Gasteiger partial charge is 0.409 e. The van der Waals surface area contributed by atoms with Gasteiger partial charge in [0.15, 0.2) is 17.3 Å². The molecule has 142 valence electrons. The Labute approximate surface area is 160 Å². The van der Waals surface area contributed by atoms with E-state index in [0.717, 1.165) is 6.08 Å². The van der Waals surface area contributed by atoms with Crippen LogP contribution >= 0.6 is 15.9 Å². The molecule has 0 radical (unpaired) electrons. The number of fused-ring (bicyclic) bond motifs is 1. The third-order valence-corrected chi connectivity index (χ3v) is 4.51. The number of hydrogen-bond donors (Lipinski definition) is 2. The minimum atomic E-state index is -4.40. The van der Waals surface area contributed by atoms with E-state index in [1.165, 1.54) is 11.2 Å². The lowest BCUT2D eigenvalue weighted by molar-refractivity contribution is -0.142. The van der Waals surface area contributed by atoms with Crippen LogP contribution in [0.3, 0.4) is 0 Å². The largest absolute Gasteiger partial charge is 0.454 e. The zero-order valence-corrected chi connectivity index (χ0v) is 15.4. The molecule has 1 aromatic heterocycles. The van der Waals surface area contributed by atoms with Crippen molar-refractivity contribution in [3.05, 3.63) is 40.6 Å². The van der Waals surface area contributed by atoms with Crippen LogP contribution in [0.25, 0.3) is 0 Å². The van der Waals surface area contributed by atoms with Crippen molar-refractivity contribution in [2.24, 2.45) is 0 Å². The molecular weight excluding hydrogens is 431 g/mol. The molecule has 0 saturated carbocycles. The van der Waals surface area contributed by atoms with Gasteiger partial charge >= 0.3 is 6.18 Å². The highest BCUT2D eigenvalue weighted by Gasteiger charge is 2.43. The standard InChI is InChI=1S/C16H13BrF3N5O2/c1-8-4-13(16(18,19)20)24-25(8)14-10(17)6-21-15(23-14)22-9-2-3-11-12(5-9)27-7-26-11/h2-6,13,24H,7H2,1H3,(H,21,22,23). The van der Waals surface area contributed by atoms with Crippen molar-refractivity contribution in [1.82, 2.24) is 15.4 Å². The molecule has 2 aliphatic rings. The molecule has 0 fully saturated rings. The number of benzene rings is 1. The SMILES string of the molecule is CC1=CC(C(F)(F)F)NN1c1nc(Nc2ccc3c(c2)OCO3)ncc1Br. The van der Waals surface area contributed by atoms with Crippen LogP contribution in [0.15, 0.2) is 40.6 Å². The van der Waals surface area contributed by atoms with Gasteiger partial charge in [0.2, 0.25) is 12.7 Å². The lowest BCUT2D eigenvalue weighted by Gasteiger charge is -2.23. The molecule has 0 aliphatic carbocycles. The first kappa shape index (κ1) is 17.9. The second-order valence-corrected chi connectivity index (χ2v) is 6.70. The minimum absolute atomic E-state index is 0.157. The summed E-state index contributed by atoms with van der Waals surface area (Å²) in [5.41, 5.74) is 3.43. The summed E-state index contributed by atoms with van der Waals surface area (Å²) >= 11 is 3.28. The summed E-state index contributed by atoms with van der Waals surface area (Å²) < 4.78 is 50.0. The number of nitrogens with zero attached hydrogens (tertiary/aromatic N) is 3. The van der Waals surface area contributed by atoms with E-state index in [9.17, 15) is 13.2 Å². The maximum absolute atomic E-state index is 13.0. The molecule has 0 spiro atoms. The zero-order chi connectivity index (χ0) is 19.2. The number of allylic oxidation sites excluding steroid dienone is 1. The molecule has 11 heteroatoms. The zero-order valence-electron chi connectivity index (χ0n) is 13.8. The highest BCUT2D eigenvalue weighted by atomic mass is 79.9. The van der Waals surface area contributed by atoms with Crippen LogP contribution < -0.4 is 25.2 Å². The highest BCUT2D eigenvalue weighted by molar-refractivity contribution is 9.10. The van der Waals surface area contributed by atoms with Gasteiger partial charge in [-0.15, -0.1) is 0 Å². The number of aromatic nitrogens is 2. The van der Waals surface area contributed by atoms with Crippen molar-refractivity contribution in [3.63, 3.8) is 0 Å². The van der Waals surface area contributed by atoms with Crippen LogP contribution in [0.5, 0.6) is 11.5 Å². The van der Waals surface area contributed by atoms with Gasteiger partial charge in [-0.3, -0.25) is 5.01 Å². The molecule has 1 aromatic carbocycles. The molecular formula is C16H13BrF3N5O2. The summed E-state index contributed by atoms with van der Waals surface area (Å²) in [4.78, 5) is 8.48. The Bertz CT molecular complexity index is 921. The number of rotatable bonds is 3.